The highest BCUT2D eigenvalue weighted by Crippen LogP contribution is 2.18. The zero-order valence-electron chi connectivity index (χ0n) is 7.41. The molecule has 6 nitrogen and oxygen atoms in total. The molecule has 74 valence electrons. The second kappa shape index (κ2) is 4.33. The topological polar surface area (TPSA) is 72.7 Å². The Morgan fingerprint density at radius 3 is 2.36 bits per heavy atom. The number of hydroxylamine groups is 1. The number of benzene rings is 1. The van der Waals surface area contributed by atoms with Gasteiger partial charge in [0, 0.05) is 12.1 Å². The number of hydrogen-bond acceptors (Lipinski definition) is 4. The average molecular weight is 196 g/mol. The van der Waals surface area contributed by atoms with Crippen LogP contribution in [0, 0.1) is 10.1 Å². The maximum atomic E-state index is 10.4. The molecule has 0 N–H and O–H groups in total. The smallest absolute Gasteiger partial charge is 0.269 e. The van der Waals surface area contributed by atoms with Gasteiger partial charge in [-0.3, -0.25) is 19.7 Å². The molecule has 0 saturated heterocycles. The van der Waals surface area contributed by atoms with E-state index in [2.05, 4.69) is 4.84 Å². The van der Waals surface area contributed by atoms with Gasteiger partial charge >= 0.3 is 0 Å². The van der Waals surface area contributed by atoms with Crippen LogP contribution in [0.15, 0.2) is 24.3 Å². The second-order valence-electron chi connectivity index (χ2n) is 2.39. The van der Waals surface area contributed by atoms with Crippen molar-refractivity contribution in [2.75, 3.05) is 12.2 Å². The van der Waals surface area contributed by atoms with Gasteiger partial charge in [-0.05, 0) is 12.1 Å². The van der Waals surface area contributed by atoms with E-state index in [0.29, 0.717) is 12.1 Å². The van der Waals surface area contributed by atoms with Crippen LogP contribution in [0.4, 0.5) is 11.4 Å². The molecule has 0 heterocycles. The Morgan fingerprint density at radius 1 is 1.43 bits per heavy atom. The van der Waals surface area contributed by atoms with Crippen LogP contribution in [0.1, 0.15) is 0 Å². The monoisotopic (exact) mass is 196 g/mol. The molecule has 0 saturated carbocycles. The van der Waals surface area contributed by atoms with Crippen LogP contribution in [0.25, 0.3) is 0 Å². The molecule has 0 unspecified atom stereocenters. The minimum Gasteiger partial charge on any atom is -0.276 e. The highest BCUT2D eigenvalue weighted by Gasteiger charge is 2.07. The van der Waals surface area contributed by atoms with Crippen LogP contribution in [-0.2, 0) is 9.63 Å². The molecule has 0 aliphatic carbocycles. The number of carbonyl (C=O) groups excluding carboxylic acids is 1. The summed E-state index contributed by atoms with van der Waals surface area (Å²) in [5.74, 6) is 0. The van der Waals surface area contributed by atoms with Crippen LogP contribution in [0.3, 0.4) is 0 Å². The number of carbonyl (C=O) groups is 1. The fourth-order valence-electron chi connectivity index (χ4n) is 0.931. The van der Waals surface area contributed by atoms with Crippen molar-refractivity contribution in [3.05, 3.63) is 34.4 Å². The number of nitro groups is 1. The van der Waals surface area contributed by atoms with Crippen molar-refractivity contribution >= 4 is 17.8 Å². The normalized spacial score (nSPS) is 9.50. The minimum atomic E-state index is -0.512. The Labute approximate surface area is 79.8 Å². The van der Waals surface area contributed by atoms with Crippen molar-refractivity contribution in [3.63, 3.8) is 0 Å². The molecule has 6 heteroatoms. The SMILES string of the molecule is CON(C=O)c1ccc([N+](=O)[O-])cc1. The predicted molar refractivity (Wildman–Crippen MR) is 48.6 cm³/mol. The lowest BCUT2D eigenvalue weighted by Crippen LogP contribution is -2.18. The first-order chi connectivity index (χ1) is 6.69. The molecule has 14 heavy (non-hydrogen) atoms. The third-order valence-corrected chi connectivity index (χ3v) is 1.61. The van der Waals surface area contributed by atoms with E-state index < -0.39 is 4.92 Å². The molecule has 0 aliphatic rings. The third kappa shape index (κ3) is 2.05. The fourth-order valence-corrected chi connectivity index (χ4v) is 0.931. The molecule has 1 aromatic rings. The standard InChI is InChI=1S/C8H8N2O4/c1-14-9(6-11)7-2-4-8(5-3-7)10(12)13/h2-6H,1H3. The van der Waals surface area contributed by atoms with Crippen LogP contribution in [-0.4, -0.2) is 18.4 Å². The molecule has 0 atom stereocenters. The van der Waals surface area contributed by atoms with Crippen LogP contribution in [0.2, 0.25) is 0 Å². The first-order valence-corrected chi connectivity index (χ1v) is 3.72. The Kier molecular flexibility index (Phi) is 3.14. The van der Waals surface area contributed by atoms with Gasteiger partial charge in [-0.1, -0.05) is 0 Å². The summed E-state index contributed by atoms with van der Waals surface area (Å²) < 4.78 is 0. The molecule has 0 aliphatic heterocycles. The van der Waals surface area contributed by atoms with Gasteiger partial charge in [0.1, 0.15) is 0 Å². The quantitative estimate of drug-likeness (QED) is 0.411. The number of non-ortho nitro benzene ring substituents is 1. The highest BCUT2D eigenvalue weighted by molar-refractivity contribution is 5.72. The highest BCUT2D eigenvalue weighted by atomic mass is 16.7. The lowest BCUT2D eigenvalue weighted by molar-refractivity contribution is -0.384. The molecule has 0 radical (unpaired) electrons. The number of anilines is 1. The molecule has 0 fully saturated rings. The van der Waals surface area contributed by atoms with Crippen molar-refractivity contribution < 1.29 is 14.6 Å². The molecule has 1 amide bonds. The van der Waals surface area contributed by atoms with Crippen molar-refractivity contribution in [1.29, 1.82) is 0 Å². The average Bonchev–Trinajstić information content (AvgIpc) is 2.20. The second-order valence-corrected chi connectivity index (χ2v) is 2.39. The van der Waals surface area contributed by atoms with E-state index in [1.165, 1.54) is 31.4 Å². The molecule has 1 aromatic carbocycles. The molecule has 1 rings (SSSR count). The predicted octanol–water partition coefficient (Wildman–Crippen LogP) is 1.12. The van der Waals surface area contributed by atoms with E-state index in [9.17, 15) is 14.9 Å². The van der Waals surface area contributed by atoms with E-state index in [4.69, 9.17) is 0 Å². The van der Waals surface area contributed by atoms with Crippen molar-refractivity contribution in [2.45, 2.75) is 0 Å². The zero-order valence-corrected chi connectivity index (χ0v) is 7.41. The van der Waals surface area contributed by atoms with Gasteiger partial charge in [-0.2, -0.15) is 5.06 Å². The van der Waals surface area contributed by atoms with E-state index in [-0.39, 0.29) is 5.69 Å². The fraction of sp³-hybridized carbons (Fsp3) is 0.125. The Morgan fingerprint density at radius 2 is 2.00 bits per heavy atom. The van der Waals surface area contributed by atoms with Crippen LogP contribution in [0.5, 0.6) is 0 Å². The van der Waals surface area contributed by atoms with Gasteiger partial charge in [0.05, 0.1) is 17.7 Å². The van der Waals surface area contributed by atoms with Crippen LogP contribution < -0.4 is 5.06 Å². The number of hydrogen-bond donors (Lipinski definition) is 0. The number of nitrogens with zero attached hydrogens (tertiary/aromatic N) is 2. The summed E-state index contributed by atoms with van der Waals surface area (Å²) >= 11 is 0. The number of rotatable bonds is 4. The van der Waals surface area contributed by atoms with Gasteiger partial charge in [0.25, 0.3) is 5.69 Å². The molecular formula is C8H8N2O4. The molecule has 0 spiro atoms. The Hall–Kier alpha value is -1.95. The van der Waals surface area contributed by atoms with Crippen molar-refractivity contribution in [2.24, 2.45) is 0 Å². The Balaban J connectivity index is 2.92. The maximum absolute atomic E-state index is 10.4. The molecule has 0 aromatic heterocycles. The summed E-state index contributed by atoms with van der Waals surface area (Å²) in [4.78, 5) is 24.9. The van der Waals surface area contributed by atoms with Crippen molar-refractivity contribution in [1.82, 2.24) is 0 Å². The third-order valence-electron chi connectivity index (χ3n) is 1.61. The van der Waals surface area contributed by atoms with E-state index in [0.717, 1.165) is 5.06 Å². The largest absolute Gasteiger partial charge is 0.276 e. The van der Waals surface area contributed by atoms with Gasteiger partial charge in [0.2, 0.25) is 6.41 Å². The van der Waals surface area contributed by atoms with E-state index in [1.807, 2.05) is 0 Å². The summed E-state index contributed by atoms with van der Waals surface area (Å²) in [7, 11) is 1.33. The summed E-state index contributed by atoms with van der Waals surface area (Å²) in [5.41, 5.74) is 0.406. The number of nitro benzene ring substituents is 1. The van der Waals surface area contributed by atoms with Crippen LogP contribution >= 0.6 is 0 Å². The lowest BCUT2D eigenvalue weighted by atomic mass is 10.3. The van der Waals surface area contributed by atoms with Gasteiger partial charge in [-0.25, -0.2) is 0 Å². The Bertz CT molecular complexity index is 336. The van der Waals surface area contributed by atoms with Gasteiger partial charge in [-0.15, -0.1) is 0 Å². The molecule has 0 bridgehead atoms. The minimum absolute atomic E-state index is 0.0318. The number of amides is 1. The first-order valence-electron chi connectivity index (χ1n) is 3.72. The van der Waals surface area contributed by atoms with E-state index in [1.54, 1.807) is 0 Å². The van der Waals surface area contributed by atoms with E-state index >= 15 is 0 Å². The first kappa shape index (κ1) is 10.1. The lowest BCUT2D eigenvalue weighted by Gasteiger charge is -2.12. The summed E-state index contributed by atoms with van der Waals surface area (Å²) in [6.07, 6.45) is 0.473. The zero-order chi connectivity index (χ0) is 10.6. The summed E-state index contributed by atoms with van der Waals surface area (Å²) in [6.45, 7) is 0. The van der Waals surface area contributed by atoms with Crippen molar-refractivity contribution in [3.8, 4) is 0 Å². The summed E-state index contributed by atoms with van der Waals surface area (Å²) in [5, 5.41) is 11.3. The maximum Gasteiger partial charge on any atom is 0.269 e. The van der Waals surface area contributed by atoms with Gasteiger partial charge in [0.15, 0.2) is 0 Å². The van der Waals surface area contributed by atoms with Gasteiger partial charge < -0.3 is 0 Å². The summed E-state index contributed by atoms with van der Waals surface area (Å²) in [6, 6.07) is 5.45. The molecular weight excluding hydrogens is 188 g/mol.